The van der Waals surface area contributed by atoms with E-state index in [-0.39, 0.29) is 30.9 Å². The molecule has 1 unspecified atom stereocenters. The Labute approximate surface area is 160 Å². The Morgan fingerprint density at radius 1 is 0.920 bits per heavy atom. The molecule has 0 saturated carbocycles. The van der Waals surface area contributed by atoms with Crippen LogP contribution in [-0.4, -0.2) is 19.2 Å². The predicted molar refractivity (Wildman–Crippen MR) is 107 cm³/mol. The molecule has 134 valence electrons. The number of pyridine rings is 1. The number of methoxy groups -OCH3 is 2. The van der Waals surface area contributed by atoms with E-state index in [2.05, 4.69) is 4.98 Å². The quantitative estimate of drug-likeness (QED) is 0.725. The summed E-state index contributed by atoms with van der Waals surface area (Å²) in [6, 6.07) is 15.5. The van der Waals surface area contributed by atoms with Crippen molar-refractivity contribution < 1.29 is 9.47 Å². The summed E-state index contributed by atoms with van der Waals surface area (Å²) in [4.78, 5) is 4.68. The number of hydrogen-bond acceptors (Lipinski definition) is 4. The van der Waals surface area contributed by atoms with Crippen molar-refractivity contribution >= 4 is 35.6 Å². The van der Waals surface area contributed by atoms with Crippen molar-refractivity contribution in [3.63, 3.8) is 0 Å². The van der Waals surface area contributed by atoms with Crippen molar-refractivity contribution in [2.45, 2.75) is 13.0 Å². The van der Waals surface area contributed by atoms with Gasteiger partial charge in [0.2, 0.25) is 0 Å². The second-order valence-corrected chi connectivity index (χ2v) is 5.49. The molecule has 3 aromatic rings. The molecule has 0 spiro atoms. The minimum atomic E-state index is -0.319. The maximum Gasteiger partial charge on any atom is 0.119 e. The molecule has 25 heavy (non-hydrogen) atoms. The lowest BCUT2D eigenvalue weighted by molar-refractivity contribution is 0.414. The molecular formula is C19H22Cl2N2O2. The van der Waals surface area contributed by atoms with Crippen LogP contribution in [0.1, 0.15) is 23.0 Å². The van der Waals surface area contributed by atoms with E-state index in [0.29, 0.717) is 0 Å². The summed E-state index contributed by atoms with van der Waals surface area (Å²) < 4.78 is 10.6. The van der Waals surface area contributed by atoms with E-state index in [1.54, 1.807) is 14.2 Å². The smallest absolute Gasteiger partial charge is 0.119 e. The van der Waals surface area contributed by atoms with Crippen LogP contribution in [0, 0.1) is 6.92 Å². The molecule has 0 fully saturated rings. The van der Waals surface area contributed by atoms with Gasteiger partial charge in [0.25, 0.3) is 0 Å². The molecule has 0 bridgehead atoms. The van der Waals surface area contributed by atoms with Crippen molar-refractivity contribution in [2.75, 3.05) is 14.2 Å². The number of ether oxygens (including phenoxy) is 2. The van der Waals surface area contributed by atoms with Gasteiger partial charge in [0, 0.05) is 11.1 Å². The third kappa shape index (κ3) is 4.34. The SMILES string of the molecule is COc1cccc(C(N)c2nc(C)cc3cc(OC)ccc23)c1.Cl.Cl. The fourth-order valence-electron chi connectivity index (χ4n) is 2.76. The topological polar surface area (TPSA) is 57.4 Å². The van der Waals surface area contributed by atoms with Crippen LogP contribution in [-0.2, 0) is 0 Å². The summed E-state index contributed by atoms with van der Waals surface area (Å²) >= 11 is 0. The van der Waals surface area contributed by atoms with Gasteiger partial charge >= 0.3 is 0 Å². The number of hydrogen-bond donors (Lipinski definition) is 1. The Kier molecular flexibility index (Phi) is 7.49. The van der Waals surface area contributed by atoms with Gasteiger partial charge in [-0.05, 0) is 54.3 Å². The highest BCUT2D eigenvalue weighted by Gasteiger charge is 2.15. The minimum Gasteiger partial charge on any atom is -0.497 e. The van der Waals surface area contributed by atoms with E-state index in [4.69, 9.17) is 15.2 Å². The number of benzene rings is 2. The molecule has 2 aromatic carbocycles. The summed E-state index contributed by atoms with van der Waals surface area (Å²) in [7, 11) is 3.31. The van der Waals surface area contributed by atoms with Gasteiger partial charge in [0.15, 0.2) is 0 Å². The maximum atomic E-state index is 6.50. The Bertz CT molecular complexity index is 856. The van der Waals surface area contributed by atoms with Gasteiger partial charge < -0.3 is 15.2 Å². The van der Waals surface area contributed by atoms with Crippen LogP contribution < -0.4 is 15.2 Å². The number of aryl methyl sites for hydroxylation is 1. The number of nitrogens with two attached hydrogens (primary N) is 1. The van der Waals surface area contributed by atoms with E-state index < -0.39 is 0 Å². The fraction of sp³-hybridized carbons (Fsp3) is 0.211. The number of fused-ring (bicyclic) bond motifs is 1. The molecule has 1 heterocycles. The Morgan fingerprint density at radius 2 is 1.60 bits per heavy atom. The molecule has 1 aromatic heterocycles. The largest absolute Gasteiger partial charge is 0.497 e. The number of nitrogens with zero attached hydrogens (tertiary/aromatic N) is 1. The van der Waals surface area contributed by atoms with E-state index >= 15 is 0 Å². The minimum absolute atomic E-state index is 0. The third-order valence-corrected chi connectivity index (χ3v) is 3.94. The first-order valence-corrected chi connectivity index (χ1v) is 7.47. The van der Waals surface area contributed by atoms with Crippen molar-refractivity contribution in [3.8, 4) is 11.5 Å². The lowest BCUT2D eigenvalue weighted by Crippen LogP contribution is -2.14. The standard InChI is InChI=1S/C19H20N2O2.2ClH/c1-12-9-14-11-16(23-3)7-8-17(14)19(21-12)18(20)13-5-4-6-15(10-13)22-2;;/h4-11,18H,20H2,1-3H3;2*1H. The summed E-state index contributed by atoms with van der Waals surface area (Å²) in [6.45, 7) is 1.97. The number of rotatable bonds is 4. The van der Waals surface area contributed by atoms with Gasteiger partial charge in [0.1, 0.15) is 11.5 Å². The Hall–Kier alpha value is -2.01. The highest BCUT2D eigenvalue weighted by Crippen LogP contribution is 2.30. The molecule has 2 N–H and O–H groups in total. The highest BCUT2D eigenvalue weighted by atomic mass is 35.5. The van der Waals surface area contributed by atoms with Crippen LogP contribution in [0.4, 0.5) is 0 Å². The van der Waals surface area contributed by atoms with Crippen LogP contribution in [0.3, 0.4) is 0 Å². The summed E-state index contributed by atoms with van der Waals surface area (Å²) in [5.41, 5.74) is 9.25. The van der Waals surface area contributed by atoms with Crippen LogP contribution in [0.2, 0.25) is 0 Å². The molecule has 6 heteroatoms. The molecule has 1 atom stereocenters. The molecule has 3 rings (SSSR count). The zero-order chi connectivity index (χ0) is 16.4. The van der Waals surface area contributed by atoms with Gasteiger partial charge in [-0.25, -0.2) is 0 Å². The molecule has 0 aliphatic carbocycles. The average Bonchev–Trinajstić information content (AvgIpc) is 2.59. The number of halogens is 2. The normalized spacial score (nSPS) is 11.2. The third-order valence-electron chi connectivity index (χ3n) is 3.94. The number of aromatic nitrogens is 1. The molecule has 0 amide bonds. The monoisotopic (exact) mass is 380 g/mol. The van der Waals surface area contributed by atoms with Gasteiger partial charge in [-0.2, -0.15) is 0 Å². The molecule has 0 saturated heterocycles. The van der Waals surface area contributed by atoms with E-state index in [1.807, 2.05) is 55.5 Å². The van der Waals surface area contributed by atoms with Crippen molar-refractivity contribution in [2.24, 2.45) is 5.73 Å². The second kappa shape index (κ2) is 8.90. The van der Waals surface area contributed by atoms with E-state index in [9.17, 15) is 0 Å². The van der Waals surface area contributed by atoms with Crippen LogP contribution in [0.5, 0.6) is 11.5 Å². The summed E-state index contributed by atoms with van der Waals surface area (Å²) in [6.07, 6.45) is 0. The van der Waals surface area contributed by atoms with Crippen LogP contribution in [0.25, 0.3) is 10.8 Å². The molecule has 0 radical (unpaired) electrons. The predicted octanol–water partition coefficient (Wildman–Crippen LogP) is 4.45. The first-order valence-electron chi connectivity index (χ1n) is 7.47. The Balaban J connectivity index is 0.00000156. The molecule has 0 aliphatic rings. The zero-order valence-corrected chi connectivity index (χ0v) is 16.0. The van der Waals surface area contributed by atoms with Crippen molar-refractivity contribution in [1.29, 1.82) is 0 Å². The molecule has 0 aliphatic heterocycles. The van der Waals surface area contributed by atoms with Gasteiger partial charge in [-0.3, -0.25) is 4.98 Å². The van der Waals surface area contributed by atoms with Gasteiger partial charge in [-0.1, -0.05) is 12.1 Å². The molecular weight excluding hydrogens is 359 g/mol. The van der Waals surface area contributed by atoms with Crippen molar-refractivity contribution in [3.05, 3.63) is 65.5 Å². The average molecular weight is 381 g/mol. The first-order chi connectivity index (χ1) is 11.1. The summed E-state index contributed by atoms with van der Waals surface area (Å²) in [5.74, 6) is 1.61. The second-order valence-electron chi connectivity index (χ2n) is 5.49. The first kappa shape index (κ1) is 21.0. The lowest BCUT2D eigenvalue weighted by atomic mass is 9.98. The van der Waals surface area contributed by atoms with Crippen molar-refractivity contribution in [1.82, 2.24) is 4.98 Å². The van der Waals surface area contributed by atoms with Gasteiger partial charge in [-0.15, -0.1) is 24.8 Å². The fourth-order valence-corrected chi connectivity index (χ4v) is 2.76. The van der Waals surface area contributed by atoms with Crippen LogP contribution >= 0.6 is 24.8 Å². The maximum absolute atomic E-state index is 6.50. The lowest BCUT2D eigenvalue weighted by Gasteiger charge is -2.16. The van der Waals surface area contributed by atoms with Crippen LogP contribution in [0.15, 0.2) is 48.5 Å². The zero-order valence-electron chi connectivity index (χ0n) is 14.4. The molecule has 4 nitrogen and oxygen atoms in total. The Morgan fingerprint density at radius 3 is 2.28 bits per heavy atom. The summed E-state index contributed by atoms with van der Waals surface area (Å²) in [5, 5.41) is 2.11. The van der Waals surface area contributed by atoms with Gasteiger partial charge in [0.05, 0.1) is 26.0 Å². The van der Waals surface area contributed by atoms with E-state index in [1.165, 1.54) is 0 Å². The van der Waals surface area contributed by atoms with E-state index in [0.717, 1.165) is 39.2 Å². The highest BCUT2D eigenvalue weighted by molar-refractivity contribution is 5.87.